The third kappa shape index (κ3) is 5.68. The molecule has 0 radical (unpaired) electrons. The van der Waals surface area contributed by atoms with Gasteiger partial charge in [-0.25, -0.2) is 13.2 Å². The molecular weight excluding hydrogens is 490 g/mol. The predicted molar refractivity (Wildman–Crippen MR) is 96.0 cm³/mol. The molecule has 1 fully saturated rings. The topological polar surface area (TPSA) is 27.7 Å². The van der Waals surface area contributed by atoms with Gasteiger partial charge in [-0.3, -0.25) is 0 Å². The summed E-state index contributed by atoms with van der Waals surface area (Å²) in [6, 6.07) is 0.797. The highest BCUT2D eigenvalue weighted by molar-refractivity contribution is 5.35. The van der Waals surface area contributed by atoms with Gasteiger partial charge in [0.05, 0.1) is 6.61 Å². The lowest BCUT2D eigenvalue weighted by molar-refractivity contribution is -0.264. The first-order chi connectivity index (χ1) is 15.6. The van der Waals surface area contributed by atoms with Crippen LogP contribution in [-0.2, 0) is 17.0 Å². The van der Waals surface area contributed by atoms with E-state index >= 15 is 0 Å². The summed E-state index contributed by atoms with van der Waals surface area (Å²) in [4.78, 5) is 0. The molecule has 1 aliphatic heterocycles. The van der Waals surface area contributed by atoms with Gasteiger partial charge in [-0.05, 0) is 30.9 Å². The van der Waals surface area contributed by atoms with Crippen molar-refractivity contribution in [3.63, 3.8) is 0 Å². The van der Waals surface area contributed by atoms with Gasteiger partial charge in [-0.2, -0.15) is 30.7 Å². The molecule has 188 valence electrons. The molecule has 0 aliphatic carbocycles. The van der Waals surface area contributed by atoms with E-state index in [0.717, 1.165) is 0 Å². The zero-order valence-corrected chi connectivity index (χ0v) is 17.2. The molecule has 1 saturated heterocycles. The first-order valence-corrected chi connectivity index (χ1v) is 9.71. The Kier molecular flexibility index (Phi) is 6.98. The van der Waals surface area contributed by atoms with Crippen molar-refractivity contribution in [3.8, 4) is 11.5 Å². The second-order valence-corrected chi connectivity index (χ2v) is 7.69. The van der Waals surface area contributed by atoms with Gasteiger partial charge in [-0.15, -0.1) is 0 Å². The maximum Gasteiger partial charge on any atom is 0.429 e. The Bertz CT molecular complexity index is 1010. The zero-order chi connectivity index (χ0) is 25.5. The van der Waals surface area contributed by atoms with Crippen molar-refractivity contribution in [2.24, 2.45) is 5.92 Å². The summed E-state index contributed by atoms with van der Waals surface area (Å²) < 4.78 is 150. The van der Waals surface area contributed by atoms with Crippen molar-refractivity contribution in [2.45, 2.75) is 44.3 Å². The van der Waals surface area contributed by atoms with Crippen LogP contribution in [0.5, 0.6) is 11.5 Å². The van der Waals surface area contributed by atoms with Crippen LogP contribution in [0.25, 0.3) is 0 Å². The van der Waals surface area contributed by atoms with E-state index < -0.39 is 64.6 Å². The summed E-state index contributed by atoms with van der Waals surface area (Å²) in [5, 5.41) is 0. The number of ether oxygens (including phenoxy) is 3. The number of hydrogen-bond acceptors (Lipinski definition) is 3. The van der Waals surface area contributed by atoms with Crippen LogP contribution in [0, 0.1) is 23.4 Å². The highest BCUT2D eigenvalue weighted by Gasteiger charge is 2.46. The highest BCUT2D eigenvalue weighted by atomic mass is 19.4. The highest BCUT2D eigenvalue weighted by Crippen LogP contribution is 2.40. The molecule has 2 aromatic carbocycles. The minimum absolute atomic E-state index is 0.0472. The molecule has 1 aliphatic rings. The molecule has 0 aromatic heterocycles. The standard InChI is InChI=1S/C21H16F10O3/c1-10-2-5-17(32-9-10)21(30,31)33-11-3-4-13(14(22)6-11)20(28,29)34-12-7-15(23)18(16(24)8-12)19(25,26)27/h3-4,6-8,10,17H,2,5,9H2,1H3. The number of benzene rings is 2. The van der Waals surface area contributed by atoms with Crippen LogP contribution >= 0.6 is 0 Å². The Balaban J connectivity index is 1.78. The molecule has 0 amide bonds. The quantitative estimate of drug-likeness (QED) is 0.394. The Hall–Kier alpha value is -2.70. The normalized spacial score (nSPS) is 19.7. The zero-order valence-electron chi connectivity index (χ0n) is 17.2. The van der Waals surface area contributed by atoms with Crippen LogP contribution < -0.4 is 9.47 Å². The van der Waals surface area contributed by atoms with Gasteiger partial charge in [0.1, 0.15) is 40.1 Å². The lowest BCUT2D eigenvalue weighted by atomic mass is 10.00. The van der Waals surface area contributed by atoms with E-state index in [1.54, 1.807) is 6.92 Å². The van der Waals surface area contributed by atoms with Crippen LogP contribution in [-0.4, -0.2) is 18.8 Å². The monoisotopic (exact) mass is 506 g/mol. The third-order valence-electron chi connectivity index (χ3n) is 4.93. The second-order valence-electron chi connectivity index (χ2n) is 7.69. The van der Waals surface area contributed by atoms with E-state index in [2.05, 4.69) is 9.47 Å². The third-order valence-corrected chi connectivity index (χ3v) is 4.93. The van der Waals surface area contributed by atoms with Gasteiger partial charge >= 0.3 is 18.4 Å². The van der Waals surface area contributed by atoms with Crippen molar-refractivity contribution in [1.29, 1.82) is 0 Å². The first kappa shape index (κ1) is 25.9. The van der Waals surface area contributed by atoms with Gasteiger partial charge in [0, 0.05) is 18.2 Å². The van der Waals surface area contributed by atoms with Crippen LogP contribution in [0.3, 0.4) is 0 Å². The molecule has 0 bridgehead atoms. The smallest absolute Gasteiger partial charge is 0.429 e. The van der Waals surface area contributed by atoms with Gasteiger partial charge in [-0.1, -0.05) is 6.92 Å². The molecule has 13 heteroatoms. The largest absolute Gasteiger partial charge is 0.431 e. The van der Waals surface area contributed by atoms with Gasteiger partial charge in [0.2, 0.25) is 0 Å². The van der Waals surface area contributed by atoms with Crippen LogP contribution in [0.2, 0.25) is 0 Å². The predicted octanol–water partition coefficient (Wildman–Crippen LogP) is 7.04. The van der Waals surface area contributed by atoms with Crippen LogP contribution in [0.15, 0.2) is 30.3 Å². The maximum absolute atomic E-state index is 14.4. The van der Waals surface area contributed by atoms with Crippen molar-refractivity contribution < 1.29 is 58.1 Å². The average Bonchev–Trinajstić information content (AvgIpc) is 2.65. The molecular formula is C21H16F10O3. The van der Waals surface area contributed by atoms with Crippen LogP contribution in [0.4, 0.5) is 43.9 Å². The van der Waals surface area contributed by atoms with E-state index in [0.29, 0.717) is 18.6 Å². The fourth-order valence-electron chi connectivity index (χ4n) is 3.25. The summed E-state index contributed by atoms with van der Waals surface area (Å²) in [7, 11) is 0. The van der Waals surface area contributed by atoms with Crippen molar-refractivity contribution in [2.75, 3.05) is 6.61 Å². The summed E-state index contributed by atoms with van der Waals surface area (Å²) in [6.45, 7) is 1.84. The van der Waals surface area contributed by atoms with E-state index in [1.165, 1.54) is 0 Å². The Morgan fingerprint density at radius 3 is 1.88 bits per heavy atom. The van der Waals surface area contributed by atoms with E-state index in [1.807, 2.05) is 0 Å². The van der Waals surface area contributed by atoms with Crippen molar-refractivity contribution in [3.05, 3.63) is 58.9 Å². The SMILES string of the molecule is CC1CCC(C(F)(F)Oc2ccc(C(F)(F)Oc3cc(F)c(C(F)(F)F)c(F)c3)c(F)c2)OC1. The summed E-state index contributed by atoms with van der Waals surface area (Å²) in [5.74, 6) is -8.39. The van der Waals surface area contributed by atoms with Crippen LogP contribution in [0.1, 0.15) is 30.9 Å². The summed E-state index contributed by atoms with van der Waals surface area (Å²) in [6.07, 6.45) is -15.3. The minimum atomic E-state index is -5.44. The van der Waals surface area contributed by atoms with Gasteiger partial charge < -0.3 is 14.2 Å². The van der Waals surface area contributed by atoms with Crippen molar-refractivity contribution in [1.82, 2.24) is 0 Å². The molecule has 2 atom stereocenters. The molecule has 3 nitrogen and oxygen atoms in total. The summed E-state index contributed by atoms with van der Waals surface area (Å²) in [5.41, 5.74) is -3.88. The maximum atomic E-state index is 14.4. The Morgan fingerprint density at radius 2 is 1.38 bits per heavy atom. The average molecular weight is 506 g/mol. The molecule has 1 heterocycles. The molecule has 0 spiro atoms. The number of rotatable bonds is 6. The van der Waals surface area contributed by atoms with Crippen molar-refractivity contribution >= 4 is 0 Å². The second kappa shape index (κ2) is 9.16. The summed E-state index contributed by atoms with van der Waals surface area (Å²) >= 11 is 0. The first-order valence-electron chi connectivity index (χ1n) is 9.71. The molecule has 2 unspecified atom stereocenters. The van der Waals surface area contributed by atoms with E-state index in [-0.39, 0.29) is 37.1 Å². The number of halogens is 10. The minimum Gasteiger partial charge on any atom is -0.431 e. The fraction of sp³-hybridized carbons (Fsp3) is 0.429. The van der Waals surface area contributed by atoms with Gasteiger partial charge in [0.15, 0.2) is 6.10 Å². The fourth-order valence-corrected chi connectivity index (χ4v) is 3.25. The molecule has 2 aromatic rings. The number of hydrogen-bond donors (Lipinski definition) is 0. The molecule has 0 N–H and O–H groups in total. The number of alkyl halides is 7. The molecule has 3 rings (SSSR count). The van der Waals surface area contributed by atoms with E-state index in [4.69, 9.17) is 4.74 Å². The molecule has 0 saturated carbocycles. The van der Waals surface area contributed by atoms with Gasteiger partial charge in [0.25, 0.3) is 0 Å². The Morgan fingerprint density at radius 1 is 0.794 bits per heavy atom. The molecule has 34 heavy (non-hydrogen) atoms. The Labute approximate surface area is 186 Å². The van der Waals surface area contributed by atoms with E-state index in [9.17, 15) is 43.9 Å². The lowest BCUT2D eigenvalue weighted by Gasteiger charge is -2.32. The lowest BCUT2D eigenvalue weighted by Crippen LogP contribution is -2.44.